The molecular formula is C20H33N3O3. The highest BCUT2D eigenvalue weighted by molar-refractivity contribution is 5.79. The maximum atomic E-state index is 5.51. The van der Waals surface area contributed by atoms with E-state index in [-0.39, 0.29) is 0 Å². The van der Waals surface area contributed by atoms with Crippen LogP contribution in [0, 0.1) is 0 Å². The molecule has 0 saturated carbocycles. The molecule has 6 nitrogen and oxygen atoms in total. The predicted octanol–water partition coefficient (Wildman–Crippen LogP) is 2.75. The molecule has 1 aromatic rings. The van der Waals surface area contributed by atoms with E-state index >= 15 is 0 Å². The molecule has 0 aliphatic rings. The normalized spacial score (nSPS) is 11.3. The SMILES string of the molecule is C=C(C)COCCNC(=NCc1ccc(OC)cc1)NCCCOCC. The van der Waals surface area contributed by atoms with E-state index in [0.29, 0.717) is 26.3 Å². The first-order valence-corrected chi connectivity index (χ1v) is 9.10. The van der Waals surface area contributed by atoms with Crippen LogP contribution in [0.4, 0.5) is 0 Å². The second-order valence-electron chi connectivity index (χ2n) is 5.93. The van der Waals surface area contributed by atoms with E-state index in [0.717, 1.165) is 49.0 Å². The van der Waals surface area contributed by atoms with Crippen LogP contribution < -0.4 is 15.4 Å². The molecule has 0 spiro atoms. The zero-order chi connectivity index (χ0) is 19.0. The van der Waals surface area contributed by atoms with Crippen molar-refractivity contribution in [3.05, 3.63) is 42.0 Å². The van der Waals surface area contributed by atoms with Gasteiger partial charge in [-0.3, -0.25) is 0 Å². The molecule has 0 radical (unpaired) electrons. The number of benzene rings is 1. The Morgan fingerprint density at radius 3 is 2.46 bits per heavy atom. The molecule has 146 valence electrons. The van der Waals surface area contributed by atoms with Crippen LogP contribution in [0.1, 0.15) is 25.8 Å². The molecule has 0 amide bonds. The van der Waals surface area contributed by atoms with Crippen molar-refractivity contribution in [2.24, 2.45) is 4.99 Å². The number of hydrogen-bond donors (Lipinski definition) is 2. The second-order valence-corrected chi connectivity index (χ2v) is 5.93. The molecule has 0 aliphatic carbocycles. The van der Waals surface area contributed by atoms with Crippen LogP contribution in [0.5, 0.6) is 5.75 Å². The molecule has 26 heavy (non-hydrogen) atoms. The van der Waals surface area contributed by atoms with Gasteiger partial charge in [0, 0.05) is 26.3 Å². The first kappa shape index (κ1) is 22.0. The van der Waals surface area contributed by atoms with Gasteiger partial charge >= 0.3 is 0 Å². The van der Waals surface area contributed by atoms with E-state index in [9.17, 15) is 0 Å². The van der Waals surface area contributed by atoms with Crippen LogP contribution in [-0.2, 0) is 16.0 Å². The highest BCUT2D eigenvalue weighted by atomic mass is 16.5. The third kappa shape index (κ3) is 10.7. The van der Waals surface area contributed by atoms with E-state index in [2.05, 4.69) is 22.2 Å². The van der Waals surface area contributed by atoms with Gasteiger partial charge in [-0.05, 0) is 38.0 Å². The van der Waals surface area contributed by atoms with Crippen molar-refractivity contribution in [3.8, 4) is 5.75 Å². The van der Waals surface area contributed by atoms with Gasteiger partial charge in [-0.25, -0.2) is 4.99 Å². The molecule has 6 heteroatoms. The van der Waals surface area contributed by atoms with Crippen LogP contribution in [-0.4, -0.2) is 52.6 Å². The second kappa shape index (κ2) is 14.2. The third-order valence-corrected chi connectivity index (χ3v) is 3.43. The molecule has 0 saturated heterocycles. The van der Waals surface area contributed by atoms with Crippen molar-refractivity contribution in [1.29, 1.82) is 0 Å². The van der Waals surface area contributed by atoms with Crippen molar-refractivity contribution in [3.63, 3.8) is 0 Å². The summed E-state index contributed by atoms with van der Waals surface area (Å²) in [5.41, 5.74) is 2.15. The molecule has 2 N–H and O–H groups in total. The Balaban J connectivity index is 2.46. The van der Waals surface area contributed by atoms with Gasteiger partial charge < -0.3 is 24.8 Å². The largest absolute Gasteiger partial charge is 0.497 e. The Labute approximate surface area is 157 Å². The summed E-state index contributed by atoms with van der Waals surface area (Å²) in [7, 11) is 1.66. The fourth-order valence-corrected chi connectivity index (χ4v) is 2.09. The van der Waals surface area contributed by atoms with Crippen LogP contribution >= 0.6 is 0 Å². The third-order valence-electron chi connectivity index (χ3n) is 3.43. The summed E-state index contributed by atoms with van der Waals surface area (Å²) in [6.45, 7) is 12.6. The Morgan fingerprint density at radius 2 is 1.81 bits per heavy atom. The Hall–Kier alpha value is -2.05. The van der Waals surface area contributed by atoms with Crippen molar-refractivity contribution in [2.45, 2.75) is 26.8 Å². The Morgan fingerprint density at radius 1 is 1.08 bits per heavy atom. The van der Waals surface area contributed by atoms with Crippen molar-refractivity contribution < 1.29 is 14.2 Å². The quantitative estimate of drug-likeness (QED) is 0.244. The van der Waals surface area contributed by atoms with Crippen molar-refractivity contribution in [1.82, 2.24) is 10.6 Å². The molecule has 1 rings (SSSR count). The summed E-state index contributed by atoms with van der Waals surface area (Å²) < 4.78 is 16.1. The van der Waals surface area contributed by atoms with Crippen molar-refractivity contribution >= 4 is 5.96 Å². The molecule has 0 aliphatic heterocycles. The lowest BCUT2D eigenvalue weighted by Crippen LogP contribution is -2.39. The first-order valence-electron chi connectivity index (χ1n) is 9.10. The lowest BCUT2D eigenvalue weighted by molar-refractivity contribution is 0.145. The standard InChI is InChI=1S/C20H33N3O3/c1-5-25-13-6-11-21-20(22-12-14-26-16-17(2)3)23-15-18-7-9-19(24-4)10-8-18/h7-10H,2,5-6,11-16H2,1,3-4H3,(H2,21,22,23). The van der Waals surface area contributed by atoms with Crippen LogP contribution in [0.2, 0.25) is 0 Å². The monoisotopic (exact) mass is 363 g/mol. The zero-order valence-corrected chi connectivity index (χ0v) is 16.3. The lowest BCUT2D eigenvalue weighted by atomic mass is 10.2. The molecule has 0 unspecified atom stereocenters. The lowest BCUT2D eigenvalue weighted by Gasteiger charge is -2.13. The fourth-order valence-electron chi connectivity index (χ4n) is 2.09. The molecule has 0 fully saturated rings. The van der Waals surface area contributed by atoms with Gasteiger partial charge in [0.25, 0.3) is 0 Å². The number of nitrogens with zero attached hydrogens (tertiary/aromatic N) is 1. The first-order chi connectivity index (χ1) is 12.7. The number of hydrogen-bond acceptors (Lipinski definition) is 4. The van der Waals surface area contributed by atoms with E-state index in [1.54, 1.807) is 7.11 Å². The zero-order valence-electron chi connectivity index (χ0n) is 16.3. The smallest absolute Gasteiger partial charge is 0.191 e. The van der Waals surface area contributed by atoms with Gasteiger partial charge in [-0.2, -0.15) is 0 Å². The number of guanidine groups is 1. The Bertz CT molecular complexity index is 530. The summed E-state index contributed by atoms with van der Waals surface area (Å²) >= 11 is 0. The fraction of sp³-hybridized carbons (Fsp3) is 0.550. The number of aliphatic imine (C=N–C) groups is 1. The van der Waals surface area contributed by atoms with Crippen LogP contribution in [0.25, 0.3) is 0 Å². The maximum Gasteiger partial charge on any atom is 0.191 e. The van der Waals surface area contributed by atoms with Gasteiger partial charge in [0.05, 0.1) is 26.9 Å². The maximum absolute atomic E-state index is 5.51. The minimum absolute atomic E-state index is 0.585. The summed E-state index contributed by atoms with van der Waals surface area (Å²) in [4.78, 5) is 4.64. The van der Waals surface area contributed by atoms with E-state index < -0.39 is 0 Å². The van der Waals surface area contributed by atoms with E-state index in [1.165, 1.54) is 0 Å². The summed E-state index contributed by atoms with van der Waals surface area (Å²) in [5.74, 6) is 1.62. The number of methoxy groups -OCH3 is 1. The van der Waals surface area contributed by atoms with Gasteiger partial charge in [0.2, 0.25) is 0 Å². The molecule has 0 heterocycles. The van der Waals surface area contributed by atoms with Gasteiger partial charge in [-0.15, -0.1) is 0 Å². The van der Waals surface area contributed by atoms with Crippen LogP contribution in [0.3, 0.4) is 0 Å². The molecule has 0 bridgehead atoms. The number of ether oxygens (including phenoxy) is 3. The Kier molecular flexibility index (Phi) is 12.0. The minimum Gasteiger partial charge on any atom is -0.497 e. The summed E-state index contributed by atoms with van der Waals surface area (Å²) in [5, 5.41) is 6.63. The van der Waals surface area contributed by atoms with E-state index in [4.69, 9.17) is 14.2 Å². The van der Waals surface area contributed by atoms with Gasteiger partial charge in [0.1, 0.15) is 5.75 Å². The molecule has 0 aromatic heterocycles. The highest BCUT2D eigenvalue weighted by Gasteiger charge is 2.00. The summed E-state index contributed by atoms with van der Waals surface area (Å²) in [6.07, 6.45) is 0.934. The van der Waals surface area contributed by atoms with Gasteiger partial charge in [0.15, 0.2) is 5.96 Å². The number of rotatable bonds is 13. The molecule has 0 atom stereocenters. The number of nitrogens with one attached hydrogen (secondary N) is 2. The molecular weight excluding hydrogens is 330 g/mol. The average molecular weight is 364 g/mol. The van der Waals surface area contributed by atoms with Crippen LogP contribution in [0.15, 0.2) is 41.4 Å². The summed E-state index contributed by atoms with van der Waals surface area (Å²) in [6, 6.07) is 7.92. The minimum atomic E-state index is 0.585. The highest BCUT2D eigenvalue weighted by Crippen LogP contribution is 2.11. The van der Waals surface area contributed by atoms with Gasteiger partial charge in [-0.1, -0.05) is 24.3 Å². The average Bonchev–Trinajstić information content (AvgIpc) is 2.65. The molecule has 1 aromatic carbocycles. The van der Waals surface area contributed by atoms with E-state index in [1.807, 2.05) is 38.1 Å². The topological polar surface area (TPSA) is 64.1 Å². The van der Waals surface area contributed by atoms with Crippen molar-refractivity contribution in [2.75, 3.05) is 46.6 Å². The predicted molar refractivity (Wildman–Crippen MR) is 107 cm³/mol.